The highest BCUT2D eigenvalue weighted by molar-refractivity contribution is 6.35. The third-order valence-electron chi connectivity index (χ3n) is 8.37. The zero-order chi connectivity index (χ0) is 30.7. The number of aryl methyl sites for hydroxylation is 1. The van der Waals surface area contributed by atoms with E-state index in [0.29, 0.717) is 34.7 Å². The number of imidazole rings is 1. The van der Waals surface area contributed by atoms with Crippen LogP contribution >= 0.6 is 11.6 Å². The lowest BCUT2D eigenvalue weighted by molar-refractivity contribution is -0.130. The van der Waals surface area contributed by atoms with Gasteiger partial charge in [0.15, 0.2) is 5.78 Å². The van der Waals surface area contributed by atoms with Crippen LogP contribution in [0.1, 0.15) is 54.1 Å². The number of hydrogen-bond donors (Lipinski definition) is 5. The molecule has 1 fully saturated rings. The van der Waals surface area contributed by atoms with Gasteiger partial charge in [0, 0.05) is 23.6 Å². The van der Waals surface area contributed by atoms with E-state index in [1.54, 1.807) is 19.1 Å². The summed E-state index contributed by atoms with van der Waals surface area (Å²) in [4.78, 5) is 55.7. The molecule has 1 unspecified atom stereocenters. The number of rotatable bonds is 9. The van der Waals surface area contributed by atoms with Crippen LogP contribution in [-0.2, 0) is 16.0 Å². The number of anilines is 1. The standard InChI is InChI=1S/C33H36ClN5O4/c1-18-13-24(19(2)40)11-12-26(18)22-7-3-20(4-8-22)14-29(37-31(41)23-9-5-21(17-35)6-10-23)32(42)36-25-15-27(34)30-28(16-25)38-33(43)39-30/h3-4,7-8,11-13,15-16,21,23,29H,5-6,9-10,14,17,35H2,1-2H3,(H,36,42)(H,37,41)(H2,38,39,43). The molecule has 3 aromatic carbocycles. The van der Waals surface area contributed by atoms with Crippen molar-refractivity contribution in [2.75, 3.05) is 11.9 Å². The van der Waals surface area contributed by atoms with Crippen molar-refractivity contribution in [2.24, 2.45) is 17.6 Å². The fourth-order valence-electron chi connectivity index (χ4n) is 5.82. The second-order valence-electron chi connectivity index (χ2n) is 11.5. The molecule has 1 aliphatic carbocycles. The summed E-state index contributed by atoms with van der Waals surface area (Å²) in [5.74, 6) is -0.248. The summed E-state index contributed by atoms with van der Waals surface area (Å²) >= 11 is 6.34. The molecule has 1 saturated carbocycles. The quantitative estimate of drug-likeness (QED) is 0.169. The van der Waals surface area contributed by atoms with E-state index in [1.165, 1.54) is 0 Å². The Morgan fingerprint density at radius 1 is 1.00 bits per heavy atom. The smallest absolute Gasteiger partial charge is 0.323 e. The molecular weight excluding hydrogens is 566 g/mol. The lowest BCUT2D eigenvalue weighted by Gasteiger charge is -2.28. The SMILES string of the molecule is CC(=O)c1ccc(-c2ccc(CC(NC(=O)C3CCC(CN)CC3)C(=O)Nc3cc(Cl)c4[nH]c(=O)[nH]c4c3)cc2)c(C)c1. The number of aromatic amines is 2. The Bertz CT molecular complexity index is 1720. The Morgan fingerprint density at radius 3 is 2.37 bits per heavy atom. The molecule has 10 heteroatoms. The summed E-state index contributed by atoms with van der Waals surface area (Å²) in [6.45, 7) is 4.14. The van der Waals surface area contributed by atoms with Crippen LogP contribution in [-0.4, -0.2) is 40.2 Å². The van der Waals surface area contributed by atoms with Crippen LogP contribution in [0.5, 0.6) is 0 Å². The van der Waals surface area contributed by atoms with Crippen molar-refractivity contribution in [3.8, 4) is 11.1 Å². The van der Waals surface area contributed by atoms with E-state index in [1.807, 2.05) is 49.4 Å². The van der Waals surface area contributed by atoms with Gasteiger partial charge in [-0.15, -0.1) is 0 Å². The molecule has 0 radical (unpaired) electrons. The number of H-pyrrole nitrogens is 2. The molecule has 6 N–H and O–H groups in total. The minimum atomic E-state index is -0.845. The molecule has 1 atom stereocenters. The highest BCUT2D eigenvalue weighted by Gasteiger charge is 2.29. The Morgan fingerprint density at radius 2 is 1.72 bits per heavy atom. The number of fused-ring (bicyclic) bond motifs is 1. The first-order valence-corrected chi connectivity index (χ1v) is 14.9. The topological polar surface area (TPSA) is 150 Å². The molecule has 0 saturated heterocycles. The Balaban J connectivity index is 1.36. The van der Waals surface area contributed by atoms with E-state index in [0.717, 1.165) is 47.9 Å². The van der Waals surface area contributed by atoms with Gasteiger partial charge in [-0.25, -0.2) is 4.79 Å². The zero-order valence-corrected chi connectivity index (χ0v) is 25.0. The zero-order valence-electron chi connectivity index (χ0n) is 24.3. The van der Waals surface area contributed by atoms with E-state index in [2.05, 4.69) is 20.6 Å². The van der Waals surface area contributed by atoms with Gasteiger partial charge >= 0.3 is 5.69 Å². The van der Waals surface area contributed by atoms with Crippen molar-refractivity contribution >= 4 is 45.9 Å². The van der Waals surface area contributed by atoms with Gasteiger partial charge in [0.05, 0.1) is 16.1 Å². The number of aromatic nitrogens is 2. The number of benzene rings is 3. The number of hydrogen-bond acceptors (Lipinski definition) is 5. The molecule has 1 aliphatic rings. The predicted octanol–water partition coefficient (Wildman–Crippen LogP) is 5.12. The highest BCUT2D eigenvalue weighted by atomic mass is 35.5. The van der Waals surface area contributed by atoms with Crippen LogP contribution in [0.4, 0.5) is 5.69 Å². The number of nitrogens with two attached hydrogens (primary N) is 1. The molecule has 0 bridgehead atoms. The number of carbonyl (C=O) groups is 3. The van der Waals surface area contributed by atoms with E-state index in [9.17, 15) is 19.2 Å². The second kappa shape index (κ2) is 13.0. The van der Waals surface area contributed by atoms with Gasteiger partial charge in [0.1, 0.15) is 6.04 Å². The molecule has 0 spiro atoms. The summed E-state index contributed by atoms with van der Waals surface area (Å²) in [7, 11) is 0. The highest BCUT2D eigenvalue weighted by Crippen LogP contribution is 2.29. The maximum Gasteiger partial charge on any atom is 0.323 e. The van der Waals surface area contributed by atoms with Crippen molar-refractivity contribution in [1.82, 2.24) is 15.3 Å². The van der Waals surface area contributed by atoms with Crippen LogP contribution in [0.3, 0.4) is 0 Å². The summed E-state index contributed by atoms with van der Waals surface area (Å²) in [6.07, 6.45) is 3.55. The van der Waals surface area contributed by atoms with Crippen LogP contribution in [0.25, 0.3) is 22.2 Å². The van der Waals surface area contributed by atoms with E-state index in [4.69, 9.17) is 17.3 Å². The van der Waals surface area contributed by atoms with Gasteiger partial charge in [0.25, 0.3) is 0 Å². The third-order valence-corrected chi connectivity index (χ3v) is 8.66. The molecule has 224 valence electrons. The predicted molar refractivity (Wildman–Crippen MR) is 169 cm³/mol. The van der Waals surface area contributed by atoms with E-state index < -0.39 is 17.6 Å². The normalized spacial score (nSPS) is 17.4. The molecule has 43 heavy (non-hydrogen) atoms. The monoisotopic (exact) mass is 601 g/mol. The first-order chi connectivity index (χ1) is 20.6. The van der Waals surface area contributed by atoms with E-state index in [-0.39, 0.29) is 29.1 Å². The average molecular weight is 602 g/mol. The summed E-state index contributed by atoms with van der Waals surface area (Å²) < 4.78 is 0. The third kappa shape index (κ3) is 7.06. The lowest BCUT2D eigenvalue weighted by Crippen LogP contribution is -2.48. The number of halogens is 1. The Kier molecular flexibility index (Phi) is 9.13. The molecule has 1 heterocycles. The largest absolute Gasteiger partial charge is 0.344 e. The minimum absolute atomic E-state index is 0.0207. The van der Waals surface area contributed by atoms with Gasteiger partial charge in [-0.2, -0.15) is 0 Å². The Hall–Kier alpha value is -4.21. The second-order valence-corrected chi connectivity index (χ2v) is 11.9. The van der Waals surface area contributed by atoms with E-state index >= 15 is 0 Å². The van der Waals surface area contributed by atoms with Crippen LogP contribution in [0.2, 0.25) is 5.02 Å². The fraction of sp³-hybridized carbons (Fsp3) is 0.333. The van der Waals surface area contributed by atoms with Crippen molar-refractivity contribution < 1.29 is 14.4 Å². The van der Waals surface area contributed by atoms with Crippen molar-refractivity contribution in [3.05, 3.63) is 86.8 Å². The minimum Gasteiger partial charge on any atom is -0.344 e. The molecule has 5 rings (SSSR count). The first-order valence-electron chi connectivity index (χ1n) is 14.5. The van der Waals surface area contributed by atoms with Crippen LogP contribution < -0.4 is 22.1 Å². The number of ketones is 1. The molecule has 4 aromatic rings. The maximum absolute atomic E-state index is 13.6. The van der Waals surface area contributed by atoms with Crippen LogP contribution in [0, 0.1) is 18.8 Å². The number of nitrogens with one attached hydrogen (secondary N) is 4. The van der Waals surface area contributed by atoms with Crippen molar-refractivity contribution in [1.29, 1.82) is 0 Å². The lowest BCUT2D eigenvalue weighted by atomic mass is 9.81. The van der Waals surface area contributed by atoms with Gasteiger partial charge in [-0.1, -0.05) is 48.0 Å². The molecular formula is C33H36ClN5O4. The fourth-order valence-corrected chi connectivity index (χ4v) is 6.09. The number of carbonyl (C=O) groups excluding carboxylic acids is 3. The molecule has 0 aliphatic heterocycles. The first kappa shape index (κ1) is 30.3. The van der Waals surface area contributed by atoms with Crippen molar-refractivity contribution in [2.45, 2.75) is 52.0 Å². The number of amides is 2. The molecule has 2 amide bonds. The summed E-state index contributed by atoms with van der Waals surface area (Å²) in [5.41, 5.74) is 11.3. The van der Waals surface area contributed by atoms with Gasteiger partial charge in [-0.05, 0) is 92.4 Å². The average Bonchev–Trinajstić information content (AvgIpc) is 3.37. The molecule has 9 nitrogen and oxygen atoms in total. The van der Waals surface area contributed by atoms with Crippen LogP contribution in [0.15, 0.2) is 59.4 Å². The number of Topliss-reactive ketones (excluding diaryl/α,β-unsaturated/α-hetero) is 1. The van der Waals surface area contributed by atoms with Crippen molar-refractivity contribution in [3.63, 3.8) is 0 Å². The van der Waals surface area contributed by atoms with Gasteiger partial charge in [0.2, 0.25) is 11.8 Å². The Labute approximate surface area is 254 Å². The van der Waals surface area contributed by atoms with Gasteiger partial charge in [-0.3, -0.25) is 14.4 Å². The molecule has 1 aromatic heterocycles. The maximum atomic E-state index is 13.6. The summed E-state index contributed by atoms with van der Waals surface area (Å²) in [5, 5.41) is 6.16. The van der Waals surface area contributed by atoms with Gasteiger partial charge < -0.3 is 26.3 Å². The summed E-state index contributed by atoms with van der Waals surface area (Å²) in [6, 6.07) is 15.8.